The summed E-state index contributed by atoms with van der Waals surface area (Å²) >= 11 is 0. The number of aliphatic hydroxyl groups is 1. The van der Waals surface area contributed by atoms with Gasteiger partial charge in [0.25, 0.3) is 0 Å². The van der Waals surface area contributed by atoms with Gasteiger partial charge in [0.15, 0.2) is 12.2 Å². The third-order valence-corrected chi connectivity index (χ3v) is 21.4. The van der Waals surface area contributed by atoms with Crippen molar-refractivity contribution in [2.45, 2.75) is 464 Å². The summed E-state index contributed by atoms with van der Waals surface area (Å²) in [5.41, 5.74) is 0. The van der Waals surface area contributed by atoms with Gasteiger partial charge >= 0.3 is 39.5 Å². The van der Waals surface area contributed by atoms with E-state index >= 15 is 0 Å². The summed E-state index contributed by atoms with van der Waals surface area (Å²) in [6.45, 7) is 7.27. The first-order valence-electron chi connectivity index (χ1n) is 43.1. The summed E-state index contributed by atoms with van der Waals surface area (Å²) in [6.07, 6.45) is 68.6. The molecule has 0 aliphatic heterocycles. The summed E-state index contributed by atoms with van der Waals surface area (Å²) in [5.74, 6) is -1.32. The molecule has 0 spiro atoms. The smallest absolute Gasteiger partial charge is 0.462 e. The minimum atomic E-state index is -4.96. The van der Waals surface area contributed by atoms with Crippen LogP contribution in [0.1, 0.15) is 446 Å². The Hall–Kier alpha value is -1.94. The van der Waals surface area contributed by atoms with Gasteiger partial charge in [-0.2, -0.15) is 0 Å². The molecule has 0 saturated carbocycles. The van der Waals surface area contributed by atoms with Gasteiger partial charge < -0.3 is 33.8 Å². The molecule has 3 N–H and O–H groups in total. The molecule has 0 aliphatic carbocycles. The lowest BCUT2D eigenvalue weighted by Crippen LogP contribution is -2.30. The Morgan fingerprint density at radius 2 is 0.451 bits per heavy atom. The Morgan fingerprint density at radius 3 is 0.667 bits per heavy atom. The number of hydrogen-bond donors (Lipinski definition) is 3. The Labute approximate surface area is 626 Å². The highest BCUT2D eigenvalue weighted by molar-refractivity contribution is 7.47. The number of unbranched alkanes of at least 4 members (excludes halogenated alkanes) is 55. The fourth-order valence-corrected chi connectivity index (χ4v) is 14.5. The van der Waals surface area contributed by atoms with E-state index in [2.05, 4.69) is 34.6 Å². The van der Waals surface area contributed by atoms with Crippen molar-refractivity contribution >= 4 is 39.5 Å². The van der Waals surface area contributed by atoms with Gasteiger partial charge in [0.2, 0.25) is 0 Å². The van der Waals surface area contributed by atoms with E-state index in [4.69, 9.17) is 37.0 Å². The highest BCUT2D eigenvalue weighted by Gasteiger charge is 2.30. The molecule has 0 aromatic carbocycles. The second kappa shape index (κ2) is 75.9. The highest BCUT2D eigenvalue weighted by Crippen LogP contribution is 2.45. The van der Waals surface area contributed by atoms with E-state index in [0.29, 0.717) is 25.7 Å². The van der Waals surface area contributed by atoms with Crippen LogP contribution in [0.2, 0.25) is 0 Å². The van der Waals surface area contributed by atoms with Gasteiger partial charge in [-0.3, -0.25) is 37.3 Å². The topological polar surface area (TPSA) is 237 Å². The van der Waals surface area contributed by atoms with E-state index in [1.165, 1.54) is 263 Å². The van der Waals surface area contributed by atoms with Crippen molar-refractivity contribution in [2.24, 2.45) is 5.92 Å². The molecule has 0 radical (unpaired) electrons. The fourth-order valence-electron chi connectivity index (χ4n) is 12.9. The lowest BCUT2D eigenvalue weighted by Gasteiger charge is -2.21. The van der Waals surface area contributed by atoms with Crippen molar-refractivity contribution in [3.8, 4) is 0 Å². The van der Waals surface area contributed by atoms with Crippen molar-refractivity contribution in [3.05, 3.63) is 0 Å². The number of phosphoric acid groups is 2. The molecule has 0 amide bonds. The van der Waals surface area contributed by atoms with Crippen LogP contribution in [0.5, 0.6) is 0 Å². The SMILES string of the molecule is CCCCCCCCCCCCCCCCCCCCCCCC(=O)O[C@H](COC(=O)CCCCCCCCCCCCCCCCCCCCC)COP(=O)(O)OC[C@@H](O)COP(=O)(O)OC[C@@H](COC(=O)CCCCCCC)OC(=O)CCCCCCCCCCCCCCCCC(C)C. The fraction of sp³-hybridized carbons (Fsp3) is 0.952. The molecule has 0 aromatic heterocycles. The summed E-state index contributed by atoms with van der Waals surface area (Å²) in [5, 5.41) is 10.6. The quantitative estimate of drug-likeness (QED) is 0.0222. The molecular formula is C83H162O17P2. The lowest BCUT2D eigenvalue weighted by molar-refractivity contribution is -0.161. The highest BCUT2D eigenvalue weighted by atomic mass is 31.2. The van der Waals surface area contributed by atoms with E-state index in [0.717, 1.165) is 102 Å². The number of ether oxygens (including phenoxy) is 4. The van der Waals surface area contributed by atoms with Crippen LogP contribution < -0.4 is 0 Å². The molecule has 0 aromatic rings. The summed E-state index contributed by atoms with van der Waals surface area (Å²) in [6, 6.07) is 0. The summed E-state index contributed by atoms with van der Waals surface area (Å²) in [4.78, 5) is 72.8. The normalized spacial score (nSPS) is 13.8. The Bertz CT molecular complexity index is 1940. The predicted octanol–water partition coefficient (Wildman–Crippen LogP) is 25.2. The average Bonchev–Trinajstić information content (AvgIpc) is 1.52. The molecule has 0 bridgehead atoms. The summed E-state index contributed by atoms with van der Waals surface area (Å²) in [7, 11) is -9.91. The molecule has 2 unspecified atom stereocenters. The zero-order chi connectivity index (χ0) is 74.8. The van der Waals surface area contributed by atoms with Crippen LogP contribution >= 0.6 is 15.6 Å². The number of esters is 4. The van der Waals surface area contributed by atoms with Crippen LogP contribution in [0.3, 0.4) is 0 Å². The maximum absolute atomic E-state index is 13.1. The van der Waals surface area contributed by atoms with Gasteiger partial charge in [0, 0.05) is 25.7 Å². The zero-order valence-electron chi connectivity index (χ0n) is 66.8. The van der Waals surface area contributed by atoms with E-state index in [1.807, 2.05) is 0 Å². The maximum atomic E-state index is 13.1. The van der Waals surface area contributed by atoms with Crippen molar-refractivity contribution < 1.29 is 80.2 Å². The number of hydrogen-bond acceptors (Lipinski definition) is 15. The monoisotopic (exact) mass is 1490 g/mol. The molecule has 102 heavy (non-hydrogen) atoms. The first-order chi connectivity index (χ1) is 49.5. The minimum Gasteiger partial charge on any atom is -0.462 e. The molecule has 19 heteroatoms. The summed E-state index contributed by atoms with van der Waals surface area (Å²) < 4.78 is 68.5. The van der Waals surface area contributed by atoms with E-state index < -0.39 is 97.5 Å². The second-order valence-electron chi connectivity index (χ2n) is 30.3. The van der Waals surface area contributed by atoms with Crippen LogP contribution in [-0.4, -0.2) is 96.7 Å². The first kappa shape index (κ1) is 100. The van der Waals surface area contributed by atoms with Crippen LogP contribution in [-0.2, 0) is 65.4 Å². The molecule has 0 fully saturated rings. The van der Waals surface area contributed by atoms with Crippen LogP contribution in [0.25, 0.3) is 0 Å². The van der Waals surface area contributed by atoms with Gasteiger partial charge in [0.05, 0.1) is 26.4 Å². The first-order valence-corrected chi connectivity index (χ1v) is 46.1. The van der Waals surface area contributed by atoms with Gasteiger partial charge in [-0.1, -0.05) is 394 Å². The van der Waals surface area contributed by atoms with Crippen LogP contribution in [0.4, 0.5) is 0 Å². The molecule has 0 aliphatic rings. The minimum absolute atomic E-state index is 0.107. The molecular weight excluding hydrogens is 1330 g/mol. The Kier molecular flexibility index (Phi) is 74.4. The predicted molar refractivity (Wildman–Crippen MR) is 418 cm³/mol. The molecule has 0 heterocycles. The van der Waals surface area contributed by atoms with E-state index in [1.54, 1.807) is 0 Å². The van der Waals surface area contributed by atoms with Gasteiger partial charge in [-0.05, 0) is 31.6 Å². The van der Waals surface area contributed by atoms with Crippen LogP contribution in [0, 0.1) is 5.92 Å². The zero-order valence-corrected chi connectivity index (χ0v) is 68.5. The van der Waals surface area contributed by atoms with Gasteiger partial charge in [0.1, 0.15) is 19.3 Å². The van der Waals surface area contributed by atoms with Gasteiger partial charge in [-0.25, -0.2) is 9.13 Å². The molecule has 606 valence electrons. The van der Waals surface area contributed by atoms with Crippen LogP contribution in [0.15, 0.2) is 0 Å². The Morgan fingerprint density at radius 1 is 0.265 bits per heavy atom. The third-order valence-electron chi connectivity index (χ3n) is 19.5. The van der Waals surface area contributed by atoms with Crippen molar-refractivity contribution in [1.29, 1.82) is 0 Å². The van der Waals surface area contributed by atoms with E-state index in [9.17, 15) is 43.2 Å². The number of aliphatic hydroxyl groups excluding tert-OH is 1. The molecule has 0 saturated heterocycles. The number of rotatable bonds is 83. The molecule has 17 nitrogen and oxygen atoms in total. The Balaban J connectivity index is 5.11. The van der Waals surface area contributed by atoms with Crippen molar-refractivity contribution in [2.75, 3.05) is 39.6 Å². The largest absolute Gasteiger partial charge is 0.472 e. The second-order valence-corrected chi connectivity index (χ2v) is 33.3. The number of phosphoric ester groups is 2. The number of carbonyl (C=O) groups excluding carboxylic acids is 4. The van der Waals surface area contributed by atoms with Crippen molar-refractivity contribution in [3.63, 3.8) is 0 Å². The van der Waals surface area contributed by atoms with Crippen molar-refractivity contribution in [1.82, 2.24) is 0 Å². The van der Waals surface area contributed by atoms with E-state index in [-0.39, 0.29) is 25.7 Å². The average molecular weight is 1490 g/mol. The number of carbonyl (C=O) groups is 4. The third kappa shape index (κ3) is 76.3. The maximum Gasteiger partial charge on any atom is 0.472 e. The lowest BCUT2D eigenvalue weighted by atomic mass is 10.0. The standard InChI is InChI=1S/C83H162O17P2/c1-6-9-12-15-17-19-21-23-25-27-29-30-32-34-36-41-45-49-53-58-64-69-83(88)100-79(73-94-81(86)67-62-57-52-48-44-40-35-33-31-28-26-24-22-20-18-16-13-10-7-2)75-98-102(91,92)96-71-77(84)70-95-101(89,90)97-74-78(72-93-80(85)66-61-55-14-11-8-3)99-82(87)68-63-59-54-50-46-42-38-37-39-43-47-51-56-60-65-76(4)5/h76-79,84H,6-75H2,1-5H3,(H,89,90)(H,91,92)/t77-,78+,79+/m0/s1. The molecule has 0 rings (SSSR count). The molecule has 5 atom stereocenters. The van der Waals surface area contributed by atoms with Gasteiger partial charge in [-0.15, -0.1) is 0 Å².